The van der Waals surface area contributed by atoms with Gasteiger partial charge in [-0.05, 0) is 36.7 Å². The number of carbonyl (C=O) groups excluding carboxylic acids is 2. The first kappa shape index (κ1) is 16.8. The van der Waals surface area contributed by atoms with Crippen molar-refractivity contribution >= 4 is 34.6 Å². The summed E-state index contributed by atoms with van der Waals surface area (Å²) in [5.74, 6) is -0.292. The summed E-state index contributed by atoms with van der Waals surface area (Å²) in [5.41, 5.74) is 2.48. The Morgan fingerprint density at radius 1 is 1.27 bits per heavy atom. The lowest BCUT2D eigenvalue weighted by atomic mass is 9.90. The Kier molecular flexibility index (Phi) is 4.44. The summed E-state index contributed by atoms with van der Waals surface area (Å²) in [5, 5.41) is 6.36. The van der Waals surface area contributed by atoms with Crippen LogP contribution < -0.4 is 10.6 Å². The molecule has 0 aliphatic carbocycles. The molecule has 1 unspecified atom stereocenters. The molecule has 7 heteroatoms. The van der Waals surface area contributed by atoms with Crippen LogP contribution in [0.1, 0.15) is 28.4 Å². The lowest BCUT2D eigenvalue weighted by Gasteiger charge is -2.21. The van der Waals surface area contributed by atoms with Crippen molar-refractivity contribution < 1.29 is 9.59 Å². The third kappa shape index (κ3) is 3.09. The summed E-state index contributed by atoms with van der Waals surface area (Å²) in [6.45, 7) is 1.19. The summed E-state index contributed by atoms with van der Waals surface area (Å²) in [4.78, 5) is 29.2. The number of pyridine rings is 1. The molecule has 26 heavy (non-hydrogen) atoms. The molecular weight excluding hydrogens is 352 g/mol. The molecule has 1 atom stereocenters. The number of ketones is 1. The summed E-state index contributed by atoms with van der Waals surface area (Å²) in [7, 11) is 0. The molecule has 0 radical (unpaired) electrons. The number of amides is 1. The van der Waals surface area contributed by atoms with Gasteiger partial charge in [0.15, 0.2) is 5.78 Å². The first-order valence-corrected chi connectivity index (χ1v) is 8.77. The Labute approximate surface area is 155 Å². The SMILES string of the molecule is O=C(Nc1ccccc1Cl)c1cnc2ccc(C3CCNCC3=O)cn12. The van der Waals surface area contributed by atoms with E-state index in [-0.39, 0.29) is 17.6 Å². The highest BCUT2D eigenvalue weighted by atomic mass is 35.5. The zero-order valence-electron chi connectivity index (χ0n) is 13.9. The Bertz CT molecular complexity index is 998. The maximum Gasteiger partial charge on any atom is 0.274 e. The van der Waals surface area contributed by atoms with Gasteiger partial charge in [0, 0.05) is 12.1 Å². The predicted molar refractivity (Wildman–Crippen MR) is 99.8 cm³/mol. The monoisotopic (exact) mass is 368 g/mol. The number of piperidine rings is 1. The maximum absolute atomic E-state index is 12.7. The van der Waals surface area contributed by atoms with Crippen LogP contribution in [0.5, 0.6) is 0 Å². The lowest BCUT2D eigenvalue weighted by molar-refractivity contribution is -0.120. The number of para-hydroxylation sites is 1. The number of imidazole rings is 1. The van der Waals surface area contributed by atoms with Crippen molar-refractivity contribution in [3.05, 3.63) is 65.1 Å². The maximum atomic E-state index is 12.7. The first-order valence-electron chi connectivity index (χ1n) is 8.40. The summed E-state index contributed by atoms with van der Waals surface area (Å²) >= 11 is 6.11. The van der Waals surface area contributed by atoms with Crippen molar-refractivity contribution in [1.29, 1.82) is 0 Å². The fourth-order valence-electron chi connectivity index (χ4n) is 3.21. The summed E-state index contributed by atoms with van der Waals surface area (Å²) < 4.78 is 1.72. The van der Waals surface area contributed by atoms with Crippen molar-refractivity contribution in [2.45, 2.75) is 12.3 Å². The van der Waals surface area contributed by atoms with Crippen LogP contribution in [-0.2, 0) is 4.79 Å². The van der Waals surface area contributed by atoms with Gasteiger partial charge in [0.05, 0.1) is 23.5 Å². The second-order valence-corrected chi connectivity index (χ2v) is 6.66. The van der Waals surface area contributed by atoms with Crippen molar-refractivity contribution in [2.75, 3.05) is 18.4 Å². The Balaban J connectivity index is 1.67. The number of fused-ring (bicyclic) bond motifs is 1. The summed E-state index contributed by atoms with van der Waals surface area (Å²) in [6.07, 6.45) is 4.10. The number of carbonyl (C=O) groups is 2. The molecule has 3 heterocycles. The van der Waals surface area contributed by atoms with Gasteiger partial charge in [-0.15, -0.1) is 0 Å². The number of hydrogen-bond donors (Lipinski definition) is 2. The van der Waals surface area contributed by atoms with E-state index in [0.717, 1.165) is 18.5 Å². The van der Waals surface area contributed by atoms with Gasteiger partial charge in [-0.2, -0.15) is 0 Å². The minimum atomic E-state index is -0.306. The number of halogens is 1. The van der Waals surface area contributed by atoms with Crippen LogP contribution in [0.3, 0.4) is 0 Å². The van der Waals surface area contributed by atoms with Gasteiger partial charge in [-0.3, -0.25) is 14.0 Å². The van der Waals surface area contributed by atoms with Crippen molar-refractivity contribution in [2.24, 2.45) is 0 Å². The van der Waals surface area contributed by atoms with Crippen LogP contribution >= 0.6 is 11.6 Å². The Morgan fingerprint density at radius 3 is 2.92 bits per heavy atom. The number of nitrogens with zero attached hydrogens (tertiary/aromatic N) is 2. The number of Topliss-reactive ketones (excluding diaryl/α,β-unsaturated/α-hetero) is 1. The molecule has 0 spiro atoms. The van der Waals surface area contributed by atoms with E-state index in [1.165, 1.54) is 6.20 Å². The van der Waals surface area contributed by atoms with E-state index in [4.69, 9.17) is 11.6 Å². The van der Waals surface area contributed by atoms with Crippen LogP contribution in [0.2, 0.25) is 5.02 Å². The molecule has 0 bridgehead atoms. The predicted octanol–water partition coefficient (Wildman–Crippen LogP) is 2.89. The molecule has 6 nitrogen and oxygen atoms in total. The third-order valence-corrected chi connectivity index (χ3v) is 4.91. The van der Waals surface area contributed by atoms with Crippen LogP contribution in [0.25, 0.3) is 5.65 Å². The molecule has 1 amide bonds. The molecule has 4 rings (SSSR count). The largest absolute Gasteiger partial charge is 0.319 e. The zero-order chi connectivity index (χ0) is 18.1. The smallest absolute Gasteiger partial charge is 0.274 e. The van der Waals surface area contributed by atoms with E-state index in [1.54, 1.807) is 28.7 Å². The molecule has 1 aliphatic rings. The normalized spacial score (nSPS) is 17.4. The van der Waals surface area contributed by atoms with E-state index in [9.17, 15) is 9.59 Å². The number of benzene rings is 1. The molecule has 1 aromatic carbocycles. The highest BCUT2D eigenvalue weighted by Gasteiger charge is 2.24. The molecule has 1 fully saturated rings. The van der Waals surface area contributed by atoms with Gasteiger partial charge >= 0.3 is 0 Å². The van der Waals surface area contributed by atoms with Crippen LogP contribution in [0, 0.1) is 0 Å². The second-order valence-electron chi connectivity index (χ2n) is 6.25. The average Bonchev–Trinajstić information content (AvgIpc) is 3.07. The highest BCUT2D eigenvalue weighted by molar-refractivity contribution is 6.33. The molecule has 2 N–H and O–H groups in total. The van der Waals surface area contributed by atoms with Gasteiger partial charge in [-0.25, -0.2) is 4.98 Å². The van der Waals surface area contributed by atoms with Crippen molar-refractivity contribution in [1.82, 2.24) is 14.7 Å². The van der Waals surface area contributed by atoms with Gasteiger partial charge in [0.1, 0.15) is 11.3 Å². The van der Waals surface area contributed by atoms with Crippen molar-refractivity contribution in [3.63, 3.8) is 0 Å². The van der Waals surface area contributed by atoms with Gasteiger partial charge in [0.2, 0.25) is 0 Å². The standard InChI is InChI=1S/C19H17ClN4O2/c20-14-3-1-2-4-15(14)23-19(26)16-9-22-18-6-5-12(11-24(16)18)13-7-8-21-10-17(13)25/h1-6,9,11,13,21H,7-8,10H2,(H,23,26). The van der Waals surface area contributed by atoms with E-state index in [1.807, 2.05) is 18.3 Å². The Morgan fingerprint density at radius 2 is 2.12 bits per heavy atom. The lowest BCUT2D eigenvalue weighted by Crippen LogP contribution is -2.35. The fraction of sp³-hybridized carbons (Fsp3) is 0.211. The van der Waals surface area contributed by atoms with Crippen LogP contribution in [0.15, 0.2) is 48.8 Å². The van der Waals surface area contributed by atoms with E-state index >= 15 is 0 Å². The quantitative estimate of drug-likeness (QED) is 0.745. The molecule has 132 valence electrons. The fourth-order valence-corrected chi connectivity index (χ4v) is 3.40. The molecule has 3 aromatic rings. The number of nitrogens with one attached hydrogen (secondary N) is 2. The molecule has 1 aliphatic heterocycles. The van der Waals surface area contributed by atoms with Gasteiger partial charge in [-0.1, -0.05) is 29.8 Å². The number of hydrogen-bond acceptors (Lipinski definition) is 4. The minimum Gasteiger partial charge on any atom is -0.319 e. The highest BCUT2D eigenvalue weighted by Crippen LogP contribution is 2.25. The third-order valence-electron chi connectivity index (χ3n) is 4.58. The molecular formula is C19H17ClN4O2. The van der Waals surface area contributed by atoms with E-state index < -0.39 is 0 Å². The Hall–Kier alpha value is -2.70. The zero-order valence-corrected chi connectivity index (χ0v) is 14.7. The molecule has 0 saturated carbocycles. The minimum absolute atomic E-state index is 0.150. The molecule has 2 aromatic heterocycles. The number of aromatic nitrogens is 2. The molecule has 1 saturated heterocycles. The second kappa shape index (κ2) is 6.90. The van der Waals surface area contributed by atoms with Crippen molar-refractivity contribution in [3.8, 4) is 0 Å². The number of rotatable bonds is 3. The topological polar surface area (TPSA) is 75.5 Å². The van der Waals surface area contributed by atoms with Crippen LogP contribution in [0.4, 0.5) is 5.69 Å². The first-order chi connectivity index (χ1) is 12.6. The van der Waals surface area contributed by atoms with E-state index in [2.05, 4.69) is 15.6 Å². The number of anilines is 1. The van der Waals surface area contributed by atoms with Gasteiger partial charge in [0.25, 0.3) is 5.91 Å². The average molecular weight is 369 g/mol. The summed E-state index contributed by atoms with van der Waals surface area (Å²) in [6, 6.07) is 10.8. The van der Waals surface area contributed by atoms with Gasteiger partial charge < -0.3 is 10.6 Å². The van der Waals surface area contributed by atoms with Crippen LogP contribution in [-0.4, -0.2) is 34.2 Å². The van der Waals surface area contributed by atoms with E-state index in [0.29, 0.717) is 28.6 Å².